The van der Waals surface area contributed by atoms with Gasteiger partial charge in [0.2, 0.25) is 0 Å². The lowest BCUT2D eigenvalue weighted by atomic mass is 9.80. The summed E-state index contributed by atoms with van der Waals surface area (Å²) in [6, 6.07) is 0. The van der Waals surface area contributed by atoms with E-state index in [0.29, 0.717) is 12.4 Å². The van der Waals surface area contributed by atoms with E-state index in [0.717, 1.165) is 45.1 Å². The second-order valence-corrected chi connectivity index (χ2v) is 6.08. The van der Waals surface area contributed by atoms with Crippen LogP contribution >= 0.6 is 0 Å². The molecule has 0 aromatic rings. The minimum atomic E-state index is -0.437. The van der Waals surface area contributed by atoms with Crippen molar-refractivity contribution in [1.29, 1.82) is 0 Å². The third-order valence-corrected chi connectivity index (χ3v) is 3.94. The third-order valence-electron chi connectivity index (χ3n) is 3.94. The lowest BCUT2D eigenvalue weighted by molar-refractivity contribution is -0.0311. The van der Waals surface area contributed by atoms with Gasteiger partial charge < -0.3 is 21.4 Å². The molecule has 0 aromatic carbocycles. The fraction of sp³-hybridized carbons (Fsp3) is 0.923. The molecule has 0 heterocycles. The van der Waals surface area contributed by atoms with Gasteiger partial charge in [-0.05, 0) is 38.6 Å². The molecule has 0 bridgehead atoms. The van der Waals surface area contributed by atoms with Crippen LogP contribution in [0.3, 0.4) is 0 Å². The van der Waals surface area contributed by atoms with Crippen LogP contribution in [0.15, 0.2) is 5.16 Å². The van der Waals surface area contributed by atoms with E-state index in [1.54, 1.807) is 0 Å². The number of nitrogens with zero attached hydrogens (tertiary/aromatic N) is 1. The van der Waals surface area contributed by atoms with Crippen molar-refractivity contribution in [3.8, 4) is 0 Å². The SMILES string of the molecule is CC(C)(CCCCNCC1(O)CCC1)C(N)=NO. The highest BCUT2D eigenvalue weighted by atomic mass is 16.4. The van der Waals surface area contributed by atoms with Gasteiger partial charge in [0.25, 0.3) is 0 Å². The van der Waals surface area contributed by atoms with Gasteiger partial charge in [-0.25, -0.2) is 0 Å². The highest BCUT2D eigenvalue weighted by molar-refractivity contribution is 5.85. The number of hydrogen-bond acceptors (Lipinski definition) is 4. The van der Waals surface area contributed by atoms with E-state index < -0.39 is 5.60 Å². The topological polar surface area (TPSA) is 90.9 Å². The quantitative estimate of drug-likeness (QED) is 0.174. The Kier molecular flexibility index (Phi) is 5.41. The standard InChI is InChI=1S/C13H27N3O2/c1-12(2,11(14)16-18)6-3-4-9-15-10-13(17)7-5-8-13/h15,17-18H,3-10H2,1-2H3,(H2,14,16). The lowest BCUT2D eigenvalue weighted by Crippen LogP contribution is -2.46. The predicted octanol–water partition coefficient (Wildman–Crippen LogP) is 1.43. The van der Waals surface area contributed by atoms with Crippen LogP contribution in [0.4, 0.5) is 0 Å². The van der Waals surface area contributed by atoms with Crippen LogP contribution < -0.4 is 11.1 Å². The van der Waals surface area contributed by atoms with Crippen molar-refractivity contribution in [2.24, 2.45) is 16.3 Å². The first-order chi connectivity index (χ1) is 8.40. The summed E-state index contributed by atoms with van der Waals surface area (Å²) in [7, 11) is 0. The van der Waals surface area contributed by atoms with Gasteiger partial charge in [-0.2, -0.15) is 0 Å². The Morgan fingerprint density at radius 2 is 2.06 bits per heavy atom. The monoisotopic (exact) mass is 257 g/mol. The van der Waals surface area contributed by atoms with Crippen LogP contribution in [0.2, 0.25) is 0 Å². The van der Waals surface area contributed by atoms with E-state index in [2.05, 4.69) is 10.5 Å². The Morgan fingerprint density at radius 3 is 2.56 bits per heavy atom. The lowest BCUT2D eigenvalue weighted by Gasteiger charge is -2.36. The van der Waals surface area contributed by atoms with Crippen LogP contribution in [0, 0.1) is 5.41 Å². The Labute approximate surface area is 109 Å². The molecule has 0 saturated heterocycles. The van der Waals surface area contributed by atoms with Crippen molar-refractivity contribution in [3.63, 3.8) is 0 Å². The molecule has 5 nitrogen and oxygen atoms in total. The molecule has 0 aromatic heterocycles. The molecule has 106 valence electrons. The molecule has 1 rings (SSSR count). The molecule has 1 saturated carbocycles. The largest absolute Gasteiger partial charge is 0.409 e. The fourth-order valence-electron chi connectivity index (χ4n) is 2.16. The third kappa shape index (κ3) is 4.46. The Balaban J connectivity index is 2.04. The zero-order chi connectivity index (χ0) is 13.6. The molecule has 18 heavy (non-hydrogen) atoms. The van der Waals surface area contributed by atoms with Gasteiger partial charge in [-0.1, -0.05) is 25.4 Å². The number of rotatable bonds is 8. The normalized spacial score (nSPS) is 19.6. The number of oxime groups is 1. The van der Waals surface area contributed by atoms with Crippen molar-refractivity contribution in [2.75, 3.05) is 13.1 Å². The van der Waals surface area contributed by atoms with Gasteiger partial charge in [-0.15, -0.1) is 0 Å². The molecule has 0 radical (unpaired) electrons. The summed E-state index contributed by atoms with van der Waals surface area (Å²) in [6.07, 6.45) is 5.96. The van der Waals surface area contributed by atoms with Crippen LogP contribution in [0.5, 0.6) is 0 Å². The number of nitrogens with two attached hydrogens (primary N) is 1. The number of nitrogens with one attached hydrogen (secondary N) is 1. The van der Waals surface area contributed by atoms with E-state index >= 15 is 0 Å². The molecule has 1 aliphatic rings. The summed E-state index contributed by atoms with van der Waals surface area (Å²) in [4.78, 5) is 0. The molecule has 5 heteroatoms. The summed E-state index contributed by atoms with van der Waals surface area (Å²) in [5, 5.41) is 24.9. The van der Waals surface area contributed by atoms with E-state index in [4.69, 9.17) is 10.9 Å². The molecule has 0 unspecified atom stereocenters. The highest BCUT2D eigenvalue weighted by Gasteiger charge is 2.33. The summed E-state index contributed by atoms with van der Waals surface area (Å²) in [6.45, 7) is 5.57. The maximum Gasteiger partial charge on any atom is 0.144 e. The average Bonchev–Trinajstić information content (AvgIpc) is 2.30. The molecule has 5 N–H and O–H groups in total. The van der Waals surface area contributed by atoms with E-state index in [-0.39, 0.29) is 5.41 Å². The van der Waals surface area contributed by atoms with Gasteiger partial charge in [0.1, 0.15) is 5.84 Å². The van der Waals surface area contributed by atoms with Gasteiger partial charge in [0.15, 0.2) is 0 Å². The first-order valence-corrected chi connectivity index (χ1v) is 6.81. The summed E-state index contributed by atoms with van der Waals surface area (Å²) in [5.41, 5.74) is 4.94. The van der Waals surface area contributed by atoms with Crippen LogP contribution in [-0.2, 0) is 0 Å². The van der Waals surface area contributed by atoms with Gasteiger partial charge >= 0.3 is 0 Å². The molecule has 1 aliphatic carbocycles. The first kappa shape index (κ1) is 15.2. The second-order valence-electron chi connectivity index (χ2n) is 6.08. The second kappa shape index (κ2) is 6.38. The molecule has 0 amide bonds. The van der Waals surface area contributed by atoms with Gasteiger partial charge in [-0.3, -0.25) is 0 Å². The molecular weight excluding hydrogens is 230 g/mol. The van der Waals surface area contributed by atoms with Crippen LogP contribution in [-0.4, -0.2) is 34.8 Å². The number of unbranched alkanes of at least 4 members (excludes halogenated alkanes) is 1. The van der Waals surface area contributed by atoms with E-state index in [9.17, 15) is 5.11 Å². The molecule has 1 fully saturated rings. The Bertz CT molecular complexity index is 286. The van der Waals surface area contributed by atoms with Crippen LogP contribution in [0.1, 0.15) is 52.4 Å². The summed E-state index contributed by atoms with van der Waals surface area (Å²) >= 11 is 0. The smallest absolute Gasteiger partial charge is 0.144 e. The summed E-state index contributed by atoms with van der Waals surface area (Å²) < 4.78 is 0. The maximum atomic E-state index is 9.88. The number of amidine groups is 1. The minimum absolute atomic E-state index is 0.249. The number of hydrogen-bond donors (Lipinski definition) is 4. The van der Waals surface area contributed by atoms with Crippen LogP contribution in [0.25, 0.3) is 0 Å². The fourth-order valence-corrected chi connectivity index (χ4v) is 2.16. The summed E-state index contributed by atoms with van der Waals surface area (Å²) in [5.74, 6) is 0.291. The minimum Gasteiger partial charge on any atom is -0.409 e. The molecule has 0 spiro atoms. The Hall–Kier alpha value is -0.810. The molecule has 0 atom stereocenters. The number of aliphatic hydroxyl groups is 1. The van der Waals surface area contributed by atoms with Crippen molar-refractivity contribution < 1.29 is 10.3 Å². The molecule has 0 aliphatic heterocycles. The van der Waals surface area contributed by atoms with E-state index in [1.165, 1.54) is 0 Å². The molecular formula is C13H27N3O2. The predicted molar refractivity (Wildman–Crippen MR) is 72.7 cm³/mol. The zero-order valence-electron chi connectivity index (χ0n) is 11.6. The van der Waals surface area contributed by atoms with Crippen molar-refractivity contribution in [1.82, 2.24) is 5.32 Å². The average molecular weight is 257 g/mol. The maximum absolute atomic E-state index is 9.88. The highest BCUT2D eigenvalue weighted by Crippen LogP contribution is 2.30. The first-order valence-electron chi connectivity index (χ1n) is 6.81. The van der Waals surface area contributed by atoms with Crippen molar-refractivity contribution in [2.45, 2.75) is 58.0 Å². The van der Waals surface area contributed by atoms with Crippen molar-refractivity contribution in [3.05, 3.63) is 0 Å². The zero-order valence-corrected chi connectivity index (χ0v) is 11.6. The Morgan fingerprint density at radius 1 is 1.39 bits per heavy atom. The van der Waals surface area contributed by atoms with E-state index in [1.807, 2.05) is 13.8 Å². The van der Waals surface area contributed by atoms with Gasteiger partial charge in [0.05, 0.1) is 5.60 Å². The van der Waals surface area contributed by atoms with Crippen molar-refractivity contribution >= 4 is 5.84 Å². The van der Waals surface area contributed by atoms with Gasteiger partial charge in [0, 0.05) is 12.0 Å².